The van der Waals surface area contributed by atoms with Crippen LogP contribution in [0.25, 0.3) is 0 Å². The molecule has 0 saturated carbocycles. The van der Waals surface area contributed by atoms with Gasteiger partial charge in [-0.3, -0.25) is 14.9 Å². The number of nitrogens with zero attached hydrogens (tertiary/aromatic N) is 2. The molecule has 0 spiro atoms. The molecular formula is C18H16N2O5. The molecule has 0 saturated heterocycles. The van der Waals surface area contributed by atoms with Crippen molar-refractivity contribution in [1.82, 2.24) is 0 Å². The summed E-state index contributed by atoms with van der Waals surface area (Å²) >= 11 is 0. The third-order valence-electron chi connectivity index (χ3n) is 4.23. The Hall–Kier alpha value is -3.22. The predicted molar refractivity (Wildman–Crippen MR) is 90.9 cm³/mol. The van der Waals surface area contributed by atoms with Crippen molar-refractivity contribution in [1.29, 1.82) is 0 Å². The van der Waals surface area contributed by atoms with Gasteiger partial charge in [-0.1, -0.05) is 18.2 Å². The van der Waals surface area contributed by atoms with E-state index in [2.05, 4.69) is 0 Å². The van der Waals surface area contributed by atoms with Gasteiger partial charge in [-0.25, -0.2) is 4.79 Å². The maximum atomic E-state index is 12.9. The molecule has 0 aromatic heterocycles. The van der Waals surface area contributed by atoms with Crippen LogP contribution in [0, 0.1) is 10.1 Å². The fourth-order valence-corrected chi connectivity index (χ4v) is 3.10. The number of nitro groups is 1. The Morgan fingerprint density at radius 3 is 2.56 bits per heavy atom. The number of methoxy groups -OCH3 is 1. The fourth-order valence-electron chi connectivity index (χ4n) is 3.10. The molecule has 128 valence electrons. The zero-order chi connectivity index (χ0) is 18.0. The van der Waals surface area contributed by atoms with Crippen LogP contribution >= 0.6 is 0 Å². The van der Waals surface area contributed by atoms with Crippen molar-refractivity contribution in [3.8, 4) is 0 Å². The molecule has 0 fully saturated rings. The van der Waals surface area contributed by atoms with Crippen molar-refractivity contribution in [2.75, 3.05) is 18.6 Å². The van der Waals surface area contributed by atoms with E-state index in [1.54, 1.807) is 24.3 Å². The first-order chi connectivity index (χ1) is 12.0. The van der Waals surface area contributed by atoms with Gasteiger partial charge in [0.15, 0.2) is 0 Å². The van der Waals surface area contributed by atoms with Crippen molar-refractivity contribution >= 4 is 23.3 Å². The molecule has 0 unspecified atom stereocenters. The summed E-state index contributed by atoms with van der Waals surface area (Å²) in [7, 11) is 1.31. The minimum atomic E-state index is -0.567. The Labute approximate surface area is 144 Å². The van der Waals surface area contributed by atoms with Crippen LogP contribution in [0.4, 0.5) is 11.4 Å². The van der Waals surface area contributed by atoms with E-state index in [9.17, 15) is 19.7 Å². The maximum Gasteiger partial charge on any atom is 0.338 e. The lowest BCUT2D eigenvalue weighted by atomic mass is 9.95. The molecule has 0 atom stereocenters. The average molecular weight is 340 g/mol. The van der Waals surface area contributed by atoms with E-state index in [-0.39, 0.29) is 11.3 Å². The Morgan fingerprint density at radius 2 is 1.84 bits per heavy atom. The highest BCUT2D eigenvalue weighted by Crippen LogP contribution is 2.32. The van der Waals surface area contributed by atoms with Crippen molar-refractivity contribution in [2.45, 2.75) is 12.8 Å². The van der Waals surface area contributed by atoms with Gasteiger partial charge in [-0.05, 0) is 36.6 Å². The molecular weight excluding hydrogens is 324 g/mol. The molecule has 0 bridgehead atoms. The first-order valence-corrected chi connectivity index (χ1v) is 7.80. The molecule has 2 aromatic carbocycles. The second kappa shape index (κ2) is 6.72. The van der Waals surface area contributed by atoms with Gasteiger partial charge in [0, 0.05) is 18.3 Å². The van der Waals surface area contributed by atoms with Crippen LogP contribution in [0.1, 0.15) is 32.7 Å². The van der Waals surface area contributed by atoms with E-state index in [1.807, 2.05) is 0 Å². The SMILES string of the molecule is COC(=O)c1cccc2c1CCCN2C(=O)c1ccccc1[N+](=O)[O-]. The number of fused-ring (bicyclic) bond motifs is 1. The van der Waals surface area contributed by atoms with E-state index in [0.717, 1.165) is 5.56 Å². The summed E-state index contributed by atoms with van der Waals surface area (Å²) in [6, 6.07) is 10.9. The zero-order valence-corrected chi connectivity index (χ0v) is 13.6. The molecule has 1 aliphatic rings. The molecule has 3 rings (SSSR count). The van der Waals surface area contributed by atoms with Gasteiger partial charge in [-0.2, -0.15) is 0 Å². The Kier molecular flexibility index (Phi) is 4.47. The number of anilines is 1. The lowest BCUT2D eigenvalue weighted by molar-refractivity contribution is -0.385. The quantitative estimate of drug-likeness (QED) is 0.487. The number of hydrogen-bond donors (Lipinski definition) is 0. The highest BCUT2D eigenvalue weighted by Gasteiger charge is 2.30. The van der Waals surface area contributed by atoms with Crippen LogP contribution in [0.3, 0.4) is 0 Å². The van der Waals surface area contributed by atoms with Crippen LogP contribution in [-0.4, -0.2) is 30.5 Å². The number of carbonyl (C=O) groups excluding carboxylic acids is 2. The van der Waals surface area contributed by atoms with Gasteiger partial charge in [0.2, 0.25) is 0 Å². The summed E-state index contributed by atoms with van der Waals surface area (Å²) in [5, 5.41) is 11.2. The molecule has 2 aromatic rings. The van der Waals surface area contributed by atoms with E-state index < -0.39 is 16.8 Å². The van der Waals surface area contributed by atoms with E-state index in [1.165, 1.54) is 30.2 Å². The number of rotatable bonds is 3. The Balaban J connectivity index is 2.06. The number of para-hydroxylation sites is 1. The fraction of sp³-hybridized carbons (Fsp3) is 0.222. The van der Waals surface area contributed by atoms with Crippen LogP contribution in [-0.2, 0) is 11.2 Å². The van der Waals surface area contributed by atoms with Gasteiger partial charge in [-0.15, -0.1) is 0 Å². The second-order valence-corrected chi connectivity index (χ2v) is 5.63. The van der Waals surface area contributed by atoms with E-state index in [0.29, 0.717) is 30.6 Å². The van der Waals surface area contributed by atoms with Gasteiger partial charge in [0.1, 0.15) is 5.56 Å². The highest BCUT2D eigenvalue weighted by molar-refractivity contribution is 6.10. The number of benzene rings is 2. The van der Waals surface area contributed by atoms with Crippen molar-refractivity contribution in [3.05, 3.63) is 69.3 Å². The molecule has 1 heterocycles. The smallest absolute Gasteiger partial charge is 0.338 e. The van der Waals surface area contributed by atoms with Gasteiger partial charge >= 0.3 is 5.97 Å². The van der Waals surface area contributed by atoms with Gasteiger partial charge < -0.3 is 9.64 Å². The molecule has 7 heteroatoms. The number of carbonyl (C=O) groups is 2. The summed E-state index contributed by atoms with van der Waals surface area (Å²) in [6.07, 6.45) is 1.30. The summed E-state index contributed by atoms with van der Waals surface area (Å²) in [4.78, 5) is 37.0. The second-order valence-electron chi connectivity index (χ2n) is 5.63. The molecule has 0 N–H and O–H groups in total. The standard InChI is InChI=1S/C18H16N2O5/c1-25-18(22)13-7-4-10-15-12(13)8-5-11-19(15)17(21)14-6-2-3-9-16(14)20(23)24/h2-4,6-7,9-10H,5,8,11H2,1H3. The molecule has 1 aliphatic heterocycles. The van der Waals surface area contributed by atoms with Crippen LogP contribution in [0.15, 0.2) is 42.5 Å². The summed E-state index contributed by atoms with van der Waals surface area (Å²) in [5.74, 6) is -0.910. The topological polar surface area (TPSA) is 89.8 Å². The number of ether oxygens (including phenoxy) is 1. The summed E-state index contributed by atoms with van der Waals surface area (Å²) in [6.45, 7) is 0.433. The number of nitro benzene ring substituents is 1. The van der Waals surface area contributed by atoms with Crippen molar-refractivity contribution in [2.24, 2.45) is 0 Å². The Bertz CT molecular complexity index is 862. The highest BCUT2D eigenvalue weighted by atomic mass is 16.6. The lowest BCUT2D eigenvalue weighted by Gasteiger charge is -2.30. The number of amides is 1. The number of esters is 1. The molecule has 0 aliphatic carbocycles. The monoisotopic (exact) mass is 340 g/mol. The molecule has 0 radical (unpaired) electrons. The maximum absolute atomic E-state index is 12.9. The first kappa shape index (κ1) is 16.6. The van der Waals surface area contributed by atoms with Crippen molar-refractivity contribution in [3.63, 3.8) is 0 Å². The molecule has 1 amide bonds. The normalized spacial score (nSPS) is 13.1. The van der Waals surface area contributed by atoms with Gasteiger partial charge in [0.25, 0.3) is 11.6 Å². The summed E-state index contributed by atoms with van der Waals surface area (Å²) in [5.41, 5.74) is 1.54. The zero-order valence-electron chi connectivity index (χ0n) is 13.6. The average Bonchev–Trinajstić information content (AvgIpc) is 2.65. The largest absolute Gasteiger partial charge is 0.465 e. The van der Waals surface area contributed by atoms with E-state index >= 15 is 0 Å². The van der Waals surface area contributed by atoms with Crippen LogP contribution < -0.4 is 4.90 Å². The number of hydrogen-bond acceptors (Lipinski definition) is 5. The van der Waals surface area contributed by atoms with Crippen LogP contribution in [0.2, 0.25) is 0 Å². The first-order valence-electron chi connectivity index (χ1n) is 7.80. The minimum absolute atomic E-state index is 0.0313. The third-order valence-corrected chi connectivity index (χ3v) is 4.23. The third kappa shape index (κ3) is 2.96. The molecule has 25 heavy (non-hydrogen) atoms. The minimum Gasteiger partial charge on any atom is -0.465 e. The Morgan fingerprint density at radius 1 is 1.12 bits per heavy atom. The van der Waals surface area contributed by atoms with Crippen molar-refractivity contribution < 1.29 is 19.2 Å². The van der Waals surface area contributed by atoms with Gasteiger partial charge in [0.05, 0.1) is 17.6 Å². The lowest BCUT2D eigenvalue weighted by Crippen LogP contribution is -2.36. The van der Waals surface area contributed by atoms with E-state index in [4.69, 9.17) is 4.74 Å². The summed E-state index contributed by atoms with van der Waals surface area (Å²) < 4.78 is 4.80. The van der Waals surface area contributed by atoms with Crippen LogP contribution in [0.5, 0.6) is 0 Å². The predicted octanol–water partition coefficient (Wildman–Crippen LogP) is 2.97. The molecule has 7 nitrogen and oxygen atoms in total.